The highest BCUT2D eigenvalue weighted by Crippen LogP contribution is 2.34. The number of rotatable bonds is 2. The van der Waals surface area contributed by atoms with Gasteiger partial charge in [0, 0.05) is 31.4 Å². The lowest BCUT2D eigenvalue weighted by atomic mass is 9.89. The predicted molar refractivity (Wildman–Crippen MR) is 61.6 cm³/mol. The molecule has 1 N–H and O–H groups in total. The van der Waals surface area contributed by atoms with Crippen molar-refractivity contribution in [3.8, 4) is 0 Å². The summed E-state index contributed by atoms with van der Waals surface area (Å²) in [5, 5.41) is 7.24. The Bertz CT molecular complexity index is 496. The standard InChI is InChI=1S/C12H14N4O/c1-8-15-12(17-16-8)11-7-14-6-10(11)9-2-4-13-5-3-9/h2-5,10-11,14H,6-7H2,1H3/t10-,11+/m1/s1. The number of aryl methyl sites for hydroxylation is 1. The van der Waals surface area contributed by atoms with Crippen molar-refractivity contribution in [3.05, 3.63) is 41.8 Å². The highest BCUT2D eigenvalue weighted by molar-refractivity contribution is 5.23. The van der Waals surface area contributed by atoms with Gasteiger partial charge in [0.15, 0.2) is 5.82 Å². The van der Waals surface area contributed by atoms with Crippen molar-refractivity contribution >= 4 is 0 Å². The minimum atomic E-state index is 0.263. The van der Waals surface area contributed by atoms with Crippen LogP contribution in [0.15, 0.2) is 29.0 Å². The van der Waals surface area contributed by atoms with Crippen LogP contribution in [0.5, 0.6) is 0 Å². The Balaban J connectivity index is 1.90. The molecule has 0 amide bonds. The topological polar surface area (TPSA) is 63.8 Å². The Morgan fingerprint density at radius 3 is 2.71 bits per heavy atom. The summed E-state index contributed by atoms with van der Waals surface area (Å²) in [6.45, 7) is 3.67. The number of pyridine rings is 1. The zero-order valence-corrected chi connectivity index (χ0v) is 9.63. The second-order valence-electron chi connectivity index (χ2n) is 4.33. The van der Waals surface area contributed by atoms with Crippen LogP contribution in [-0.4, -0.2) is 28.2 Å². The molecule has 0 aromatic carbocycles. The van der Waals surface area contributed by atoms with Crippen LogP contribution >= 0.6 is 0 Å². The molecular formula is C12H14N4O. The second-order valence-corrected chi connectivity index (χ2v) is 4.33. The van der Waals surface area contributed by atoms with E-state index >= 15 is 0 Å². The first-order valence-electron chi connectivity index (χ1n) is 5.75. The molecule has 2 atom stereocenters. The molecule has 5 heteroatoms. The summed E-state index contributed by atoms with van der Waals surface area (Å²) in [5.74, 6) is 2.08. The Kier molecular flexibility index (Phi) is 2.60. The van der Waals surface area contributed by atoms with E-state index in [0.29, 0.717) is 11.7 Å². The average molecular weight is 230 g/mol. The van der Waals surface area contributed by atoms with Crippen molar-refractivity contribution in [2.24, 2.45) is 0 Å². The highest BCUT2D eigenvalue weighted by atomic mass is 16.5. The number of nitrogens with zero attached hydrogens (tertiary/aromatic N) is 3. The third kappa shape index (κ3) is 1.93. The van der Waals surface area contributed by atoms with Gasteiger partial charge in [0.1, 0.15) is 0 Å². The van der Waals surface area contributed by atoms with E-state index in [9.17, 15) is 0 Å². The first kappa shape index (κ1) is 10.4. The fourth-order valence-electron chi connectivity index (χ4n) is 2.36. The zero-order valence-electron chi connectivity index (χ0n) is 9.63. The van der Waals surface area contributed by atoms with Crippen molar-refractivity contribution in [2.45, 2.75) is 18.8 Å². The Morgan fingerprint density at radius 2 is 2.00 bits per heavy atom. The number of hydrogen-bond acceptors (Lipinski definition) is 5. The van der Waals surface area contributed by atoms with E-state index in [-0.39, 0.29) is 5.92 Å². The largest absolute Gasteiger partial charge is 0.339 e. The number of aromatic nitrogens is 3. The van der Waals surface area contributed by atoms with Crippen molar-refractivity contribution < 1.29 is 4.52 Å². The van der Waals surface area contributed by atoms with Crippen molar-refractivity contribution in [1.82, 2.24) is 20.4 Å². The Hall–Kier alpha value is -1.75. The van der Waals surface area contributed by atoms with Gasteiger partial charge in [-0.3, -0.25) is 4.98 Å². The lowest BCUT2D eigenvalue weighted by Crippen LogP contribution is -2.09. The van der Waals surface area contributed by atoms with Crippen molar-refractivity contribution in [3.63, 3.8) is 0 Å². The van der Waals surface area contributed by atoms with Gasteiger partial charge in [0.05, 0.1) is 5.92 Å². The van der Waals surface area contributed by atoms with Gasteiger partial charge in [0.2, 0.25) is 5.89 Å². The summed E-state index contributed by atoms with van der Waals surface area (Å²) in [6, 6.07) is 4.10. The molecule has 0 unspecified atom stereocenters. The van der Waals surface area contributed by atoms with E-state index in [1.807, 2.05) is 31.5 Å². The quantitative estimate of drug-likeness (QED) is 0.841. The predicted octanol–water partition coefficient (Wildman–Crippen LogP) is 1.24. The maximum Gasteiger partial charge on any atom is 0.231 e. The van der Waals surface area contributed by atoms with E-state index in [2.05, 4.69) is 20.4 Å². The van der Waals surface area contributed by atoms with Gasteiger partial charge in [-0.1, -0.05) is 5.16 Å². The molecule has 17 heavy (non-hydrogen) atoms. The van der Waals surface area contributed by atoms with Crippen LogP contribution < -0.4 is 5.32 Å². The third-order valence-corrected chi connectivity index (χ3v) is 3.21. The molecule has 1 fully saturated rings. The SMILES string of the molecule is Cc1noc([C@H]2CNC[C@@H]2c2ccncc2)n1. The van der Waals surface area contributed by atoms with Crippen LogP contribution in [-0.2, 0) is 0 Å². The van der Waals surface area contributed by atoms with Crippen LogP contribution in [0.1, 0.15) is 29.1 Å². The van der Waals surface area contributed by atoms with Gasteiger partial charge in [-0.05, 0) is 24.6 Å². The molecule has 2 aromatic rings. The third-order valence-electron chi connectivity index (χ3n) is 3.21. The molecule has 3 heterocycles. The first-order valence-corrected chi connectivity index (χ1v) is 5.75. The minimum absolute atomic E-state index is 0.263. The average Bonchev–Trinajstić information content (AvgIpc) is 2.98. The summed E-state index contributed by atoms with van der Waals surface area (Å²) in [4.78, 5) is 8.38. The van der Waals surface area contributed by atoms with Gasteiger partial charge in [0.25, 0.3) is 0 Å². The van der Waals surface area contributed by atoms with Crippen LogP contribution in [0, 0.1) is 6.92 Å². The molecule has 0 spiro atoms. The molecule has 3 rings (SSSR count). The maximum absolute atomic E-state index is 5.28. The summed E-state index contributed by atoms with van der Waals surface area (Å²) >= 11 is 0. The number of hydrogen-bond donors (Lipinski definition) is 1. The second kappa shape index (κ2) is 4.25. The van der Waals surface area contributed by atoms with E-state index in [4.69, 9.17) is 4.52 Å². The van der Waals surface area contributed by atoms with Gasteiger partial charge in [-0.15, -0.1) is 0 Å². The fourth-order valence-corrected chi connectivity index (χ4v) is 2.36. The van der Waals surface area contributed by atoms with E-state index in [1.165, 1.54) is 5.56 Å². The molecule has 1 saturated heterocycles. The van der Waals surface area contributed by atoms with Crippen LogP contribution in [0.4, 0.5) is 0 Å². The molecule has 5 nitrogen and oxygen atoms in total. The van der Waals surface area contributed by atoms with Crippen molar-refractivity contribution in [2.75, 3.05) is 13.1 Å². The van der Waals surface area contributed by atoms with Gasteiger partial charge in [-0.25, -0.2) is 0 Å². The van der Waals surface area contributed by atoms with Gasteiger partial charge in [-0.2, -0.15) is 4.98 Å². The van der Waals surface area contributed by atoms with E-state index < -0.39 is 0 Å². The molecule has 0 radical (unpaired) electrons. The lowest BCUT2D eigenvalue weighted by molar-refractivity contribution is 0.348. The molecule has 1 aliphatic heterocycles. The van der Waals surface area contributed by atoms with Crippen LogP contribution in [0.3, 0.4) is 0 Å². The van der Waals surface area contributed by atoms with E-state index in [0.717, 1.165) is 19.0 Å². The van der Waals surface area contributed by atoms with E-state index in [1.54, 1.807) is 0 Å². The maximum atomic E-state index is 5.28. The molecular weight excluding hydrogens is 216 g/mol. The summed E-state index contributed by atoms with van der Waals surface area (Å²) in [7, 11) is 0. The number of nitrogens with one attached hydrogen (secondary N) is 1. The normalized spacial score (nSPS) is 24.1. The van der Waals surface area contributed by atoms with Crippen LogP contribution in [0.25, 0.3) is 0 Å². The van der Waals surface area contributed by atoms with Gasteiger partial charge >= 0.3 is 0 Å². The Labute approximate surface area is 99.3 Å². The first-order chi connectivity index (χ1) is 8.34. The van der Waals surface area contributed by atoms with Crippen molar-refractivity contribution in [1.29, 1.82) is 0 Å². The molecule has 0 bridgehead atoms. The molecule has 88 valence electrons. The minimum Gasteiger partial charge on any atom is -0.339 e. The molecule has 0 saturated carbocycles. The lowest BCUT2D eigenvalue weighted by Gasteiger charge is -2.14. The molecule has 2 aromatic heterocycles. The fraction of sp³-hybridized carbons (Fsp3) is 0.417. The monoisotopic (exact) mass is 230 g/mol. The Morgan fingerprint density at radius 1 is 1.24 bits per heavy atom. The smallest absolute Gasteiger partial charge is 0.231 e. The summed E-state index contributed by atoms with van der Waals surface area (Å²) in [5.41, 5.74) is 1.27. The molecule has 1 aliphatic rings. The van der Waals surface area contributed by atoms with Crippen LogP contribution in [0.2, 0.25) is 0 Å². The summed E-state index contributed by atoms with van der Waals surface area (Å²) < 4.78 is 5.28. The zero-order chi connectivity index (χ0) is 11.7. The highest BCUT2D eigenvalue weighted by Gasteiger charge is 2.33. The molecule has 0 aliphatic carbocycles. The van der Waals surface area contributed by atoms with Gasteiger partial charge < -0.3 is 9.84 Å². The summed E-state index contributed by atoms with van der Waals surface area (Å²) in [6.07, 6.45) is 3.65.